The molecule has 4 nitrogen and oxygen atoms in total. The van der Waals surface area contributed by atoms with E-state index in [1.165, 1.54) is 6.07 Å². The van der Waals surface area contributed by atoms with Crippen LogP contribution >= 0.6 is 11.3 Å². The molecule has 2 atom stereocenters. The number of piperazine rings is 1. The van der Waals surface area contributed by atoms with Gasteiger partial charge in [-0.2, -0.15) is 0 Å². The van der Waals surface area contributed by atoms with Crippen LogP contribution < -0.4 is 10.2 Å². The van der Waals surface area contributed by atoms with E-state index in [2.05, 4.69) is 15.2 Å². The number of morpholine rings is 1. The summed E-state index contributed by atoms with van der Waals surface area (Å²) in [5, 5.41) is 4.53. The van der Waals surface area contributed by atoms with E-state index >= 15 is 0 Å². The van der Waals surface area contributed by atoms with E-state index in [1.807, 2.05) is 0 Å². The van der Waals surface area contributed by atoms with Gasteiger partial charge in [0.2, 0.25) is 0 Å². The molecule has 2 aliphatic heterocycles. The molecule has 0 aliphatic carbocycles. The summed E-state index contributed by atoms with van der Waals surface area (Å²) in [6.07, 6.45) is 0. The van der Waals surface area contributed by atoms with Crippen molar-refractivity contribution < 1.29 is 9.13 Å². The second-order valence-corrected chi connectivity index (χ2v) is 6.12. The van der Waals surface area contributed by atoms with E-state index in [4.69, 9.17) is 4.74 Å². The van der Waals surface area contributed by atoms with Crippen molar-refractivity contribution in [1.82, 2.24) is 10.3 Å². The molecule has 0 saturated carbocycles. The summed E-state index contributed by atoms with van der Waals surface area (Å²) in [4.78, 5) is 6.90. The number of fused-ring (bicyclic) bond motifs is 3. The number of benzene rings is 1. The van der Waals surface area contributed by atoms with Crippen molar-refractivity contribution in [3.8, 4) is 0 Å². The molecule has 3 heterocycles. The molecule has 1 aromatic carbocycles. The molecule has 2 aliphatic rings. The Bertz CT molecular complexity index is 605. The maximum absolute atomic E-state index is 13.2. The predicted octanol–water partition coefficient (Wildman–Crippen LogP) is 1.61. The first-order chi connectivity index (χ1) is 9.28. The molecule has 1 aromatic heterocycles. The summed E-state index contributed by atoms with van der Waals surface area (Å²) in [6.45, 7) is 3.32. The molecule has 0 radical (unpaired) electrons. The number of ether oxygens (including phenoxy) is 1. The molecule has 100 valence electrons. The van der Waals surface area contributed by atoms with Crippen LogP contribution in [0.1, 0.15) is 0 Å². The van der Waals surface area contributed by atoms with E-state index in [1.54, 1.807) is 23.5 Å². The quantitative estimate of drug-likeness (QED) is 0.860. The summed E-state index contributed by atoms with van der Waals surface area (Å²) >= 11 is 1.56. The Hall–Kier alpha value is -1.24. The maximum Gasteiger partial charge on any atom is 0.186 e. The van der Waals surface area contributed by atoms with Crippen LogP contribution in [-0.2, 0) is 4.74 Å². The van der Waals surface area contributed by atoms with E-state index in [-0.39, 0.29) is 5.82 Å². The molecule has 0 spiro atoms. The van der Waals surface area contributed by atoms with Gasteiger partial charge >= 0.3 is 0 Å². The molecule has 4 rings (SSSR count). The van der Waals surface area contributed by atoms with Gasteiger partial charge in [0.25, 0.3) is 0 Å². The smallest absolute Gasteiger partial charge is 0.186 e. The molecule has 19 heavy (non-hydrogen) atoms. The highest BCUT2D eigenvalue weighted by molar-refractivity contribution is 7.22. The number of halogens is 1. The SMILES string of the molecule is Fc1ccc2nc(N3CC4COCC(C3)N4)sc2c1. The zero-order chi connectivity index (χ0) is 12.8. The van der Waals surface area contributed by atoms with Crippen molar-refractivity contribution in [3.63, 3.8) is 0 Å². The standard InChI is InChI=1S/C13H14FN3OS/c14-8-1-2-11-12(3-8)19-13(16-11)17-4-9-6-18-7-10(5-17)15-9/h1-3,9-10,15H,4-7H2. The van der Waals surface area contributed by atoms with Gasteiger partial charge in [-0.15, -0.1) is 0 Å². The fraction of sp³-hybridized carbons (Fsp3) is 0.462. The third-order valence-corrected chi connectivity index (χ3v) is 4.68. The minimum absolute atomic E-state index is 0.201. The Labute approximate surface area is 114 Å². The van der Waals surface area contributed by atoms with Gasteiger partial charge < -0.3 is 15.0 Å². The minimum Gasteiger partial charge on any atom is -0.378 e. The summed E-state index contributed by atoms with van der Waals surface area (Å²) in [6, 6.07) is 5.51. The van der Waals surface area contributed by atoms with Crippen molar-refractivity contribution in [1.29, 1.82) is 0 Å². The lowest BCUT2D eigenvalue weighted by molar-refractivity contribution is 0.0376. The average molecular weight is 279 g/mol. The van der Waals surface area contributed by atoms with Gasteiger partial charge in [-0.3, -0.25) is 0 Å². The lowest BCUT2D eigenvalue weighted by Crippen LogP contribution is -2.62. The number of hydrogen-bond donors (Lipinski definition) is 1. The molecule has 2 unspecified atom stereocenters. The van der Waals surface area contributed by atoms with E-state index < -0.39 is 0 Å². The Morgan fingerprint density at radius 2 is 2.11 bits per heavy atom. The molecule has 6 heteroatoms. The zero-order valence-corrected chi connectivity index (χ0v) is 11.1. The van der Waals surface area contributed by atoms with Gasteiger partial charge in [-0.05, 0) is 18.2 Å². The van der Waals surface area contributed by atoms with Crippen LogP contribution in [0.3, 0.4) is 0 Å². The molecule has 2 aromatic rings. The predicted molar refractivity (Wildman–Crippen MR) is 73.3 cm³/mol. The number of nitrogens with one attached hydrogen (secondary N) is 1. The first kappa shape index (κ1) is 11.6. The van der Waals surface area contributed by atoms with Crippen molar-refractivity contribution in [2.45, 2.75) is 12.1 Å². The Balaban J connectivity index is 1.66. The lowest BCUT2D eigenvalue weighted by atomic mass is 10.1. The highest BCUT2D eigenvalue weighted by Crippen LogP contribution is 2.30. The van der Waals surface area contributed by atoms with E-state index in [0.717, 1.165) is 41.7 Å². The second kappa shape index (κ2) is 4.40. The van der Waals surface area contributed by atoms with Crippen LogP contribution in [0, 0.1) is 5.82 Å². The molecule has 0 amide bonds. The van der Waals surface area contributed by atoms with Crippen molar-refractivity contribution in [3.05, 3.63) is 24.0 Å². The van der Waals surface area contributed by atoms with E-state index in [0.29, 0.717) is 12.1 Å². The number of rotatable bonds is 1. The van der Waals surface area contributed by atoms with Crippen LogP contribution in [0.4, 0.5) is 9.52 Å². The van der Waals surface area contributed by atoms with Crippen molar-refractivity contribution in [2.24, 2.45) is 0 Å². The molecule has 2 fully saturated rings. The number of nitrogens with zero attached hydrogens (tertiary/aromatic N) is 2. The van der Waals surface area contributed by atoms with Gasteiger partial charge in [-0.1, -0.05) is 11.3 Å². The number of aromatic nitrogens is 1. The molecular weight excluding hydrogens is 265 g/mol. The van der Waals surface area contributed by atoms with Crippen LogP contribution in [0.15, 0.2) is 18.2 Å². The third kappa shape index (κ3) is 2.09. The Kier molecular flexibility index (Phi) is 2.68. The second-order valence-electron chi connectivity index (χ2n) is 5.11. The minimum atomic E-state index is -0.201. The number of anilines is 1. The van der Waals surface area contributed by atoms with Gasteiger partial charge in [0.1, 0.15) is 5.82 Å². The Morgan fingerprint density at radius 1 is 1.32 bits per heavy atom. The largest absolute Gasteiger partial charge is 0.378 e. The maximum atomic E-state index is 13.2. The third-order valence-electron chi connectivity index (χ3n) is 3.60. The van der Waals surface area contributed by atoms with Crippen molar-refractivity contribution in [2.75, 3.05) is 31.2 Å². The monoisotopic (exact) mass is 279 g/mol. The zero-order valence-electron chi connectivity index (χ0n) is 10.3. The molecule has 2 bridgehead atoms. The van der Waals surface area contributed by atoms with Crippen molar-refractivity contribution >= 4 is 26.7 Å². The van der Waals surface area contributed by atoms with Crippen LogP contribution in [-0.4, -0.2) is 43.4 Å². The molecule has 2 saturated heterocycles. The van der Waals surface area contributed by atoms with Crippen LogP contribution in [0.5, 0.6) is 0 Å². The van der Waals surface area contributed by atoms with Gasteiger partial charge in [0.15, 0.2) is 5.13 Å². The summed E-state index contributed by atoms with van der Waals surface area (Å²) in [7, 11) is 0. The molecule has 1 N–H and O–H groups in total. The van der Waals surface area contributed by atoms with Crippen LogP contribution in [0.25, 0.3) is 10.2 Å². The topological polar surface area (TPSA) is 37.4 Å². The average Bonchev–Trinajstić information content (AvgIpc) is 2.81. The summed E-state index contributed by atoms with van der Waals surface area (Å²) in [5.74, 6) is -0.201. The van der Waals surface area contributed by atoms with Gasteiger partial charge in [0, 0.05) is 25.2 Å². The summed E-state index contributed by atoms with van der Waals surface area (Å²) in [5.41, 5.74) is 0.876. The van der Waals surface area contributed by atoms with Gasteiger partial charge in [0.05, 0.1) is 23.4 Å². The van der Waals surface area contributed by atoms with E-state index in [9.17, 15) is 4.39 Å². The highest BCUT2D eigenvalue weighted by atomic mass is 32.1. The number of thiazole rings is 1. The normalized spacial score (nSPS) is 26.9. The fourth-order valence-corrected chi connectivity index (χ4v) is 3.79. The first-order valence-electron chi connectivity index (χ1n) is 6.43. The Morgan fingerprint density at radius 3 is 2.89 bits per heavy atom. The highest BCUT2D eigenvalue weighted by Gasteiger charge is 2.31. The fourth-order valence-electron chi connectivity index (χ4n) is 2.78. The van der Waals surface area contributed by atoms with Crippen LogP contribution in [0.2, 0.25) is 0 Å². The molecular formula is C13H14FN3OS. The summed E-state index contributed by atoms with van der Waals surface area (Å²) < 4.78 is 19.7. The lowest BCUT2D eigenvalue weighted by Gasteiger charge is -2.42. The van der Waals surface area contributed by atoms with Gasteiger partial charge in [-0.25, -0.2) is 9.37 Å². The number of hydrogen-bond acceptors (Lipinski definition) is 5. The first-order valence-corrected chi connectivity index (χ1v) is 7.24.